The Morgan fingerprint density at radius 2 is 1.63 bits per heavy atom. The molecule has 0 aliphatic rings. The first-order valence-corrected chi connectivity index (χ1v) is 8.89. The Balaban J connectivity index is 1.99. The largest absolute Gasteiger partial charge is 0.378 e. The van der Waals surface area contributed by atoms with Crippen molar-refractivity contribution in [3.8, 4) is 0 Å². The van der Waals surface area contributed by atoms with Crippen LogP contribution in [0.4, 0.5) is 11.4 Å². The second kappa shape index (κ2) is 9.19. The molecule has 0 saturated heterocycles. The lowest BCUT2D eigenvalue weighted by Crippen LogP contribution is -2.45. The Morgan fingerprint density at radius 3 is 2.15 bits per heavy atom. The summed E-state index contributed by atoms with van der Waals surface area (Å²) < 4.78 is 5.71. The highest BCUT2D eigenvalue weighted by Crippen LogP contribution is 2.28. The standard InChI is InChI=1S/C21H27N3O3/c1-5-21(27-4,16-9-7-6-8-10-16)15-22-19(25)20(26)23-17-11-13-18(14-12-17)24(2)3/h6-14H,5,15H2,1-4H3,(H,22,25)(H,23,26). The van der Waals surface area contributed by atoms with Gasteiger partial charge in [-0.3, -0.25) is 9.59 Å². The third-order valence-corrected chi connectivity index (χ3v) is 4.64. The summed E-state index contributed by atoms with van der Waals surface area (Å²) in [5.41, 5.74) is 1.85. The molecule has 2 N–H and O–H groups in total. The highest BCUT2D eigenvalue weighted by atomic mass is 16.5. The fourth-order valence-electron chi connectivity index (χ4n) is 2.84. The molecule has 2 aromatic rings. The van der Waals surface area contributed by atoms with Crippen LogP contribution < -0.4 is 15.5 Å². The molecule has 6 heteroatoms. The van der Waals surface area contributed by atoms with E-state index in [1.807, 2.05) is 68.4 Å². The summed E-state index contributed by atoms with van der Waals surface area (Å²) in [4.78, 5) is 26.4. The number of hydrogen-bond acceptors (Lipinski definition) is 4. The summed E-state index contributed by atoms with van der Waals surface area (Å²) in [5, 5.41) is 5.30. The summed E-state index contributed by atoms with van der Waals surface area (Å²) in [5.74, 6) is -1.40. The SMILES string of the molecule is CCC(CNC(=O)C(=O)Nc1ccc(N(C)C)cc1)(OC)c1ccccc1. The molecule has 0 aromatic heterocycles. The number of hydrogen-bond donors (Lipinski definition) is 2. The number of carbonyl (C=O) groups excluding carboxylic acids is 2. The van der Waals surface area contributed by atoms with Gasteiger partial charge in [-0.25, -0.2) is 0 Å². The van der Waals surface area contributed by atoms with Crippen LogP contribution in [-0.2, 0) is 19.9 Å². The molecule has 6 nitrogen and oxygen atoms in total. The summed E-state index contributed by atoms with van der Waals surface area (Å²) in [6.45, 7) is 2.19. The van der Waals surface area contributed by atoms with E-state index < -0.39 is 17.4 Å². The minimum absolute atomic E-state index is 0.204. The predicted molar refractivity (Wildman–Crippen MR) is 108 cm³/mol. The van der Waals surface area contributed by atoms with Crippen molar-refractivity contribution < 1.29 is 14.3 Å². The van der Waals surface area contributed by atoms with Gasteiger partial charge in [0.15, 0.2) is 0 Å². The van der Waals surface area contributed by atoms with E-state index in [0.29, 0.717) is 12.1 Å². The van der Waals surface area contributed by atoms with Gasteiger partial charge in [-0.2, -0.15) is 0 Å². The molecule has 2 aromatic carbocycles. The Labute approximate surface area is 160 Å². The topological polar surface area (TPSA) is 70.7 Å². The number of anilines is 2. The molecule has 27 heavy (non-hydrogen) atoms. The lowest BCUT2D eigenvalue weighted by molar-refractivity contribution is -0.137. The number of nitrogens with zero attached hydrogens (tertiary/aromatic N) is 1. The van der Waals surface area contributed by atoms with Crippen molar-refractivity contribution in [3.05, 3.63) is 60.2 Å². The van der Waals surface area contributed by atoms with Crippen LogP contribution in [0.1, 0.15) is 18.9 Å². The van der Waals surface area contributed by atoms with Crippen molar-refractivity contribution in [1.29, 1.82) is 0 Å². The van der Waals surface area contributed by atoms with Crippen LogP contribution in [0.2, 0.25) is 0 Å². The molecule has 0 fully saturated rings. The van der Waals surface area contributed by atoms with Gasteiger partial charge in [0.25, 0.3) is 0 Å². The number of rotatable bonds is 7. The lowest BCUT2D eigenvalue weighted by atomic mass is 9.90. The monoisotopic (exact) mass is 369 g/mol. The van der Waals surface area contributed by atoms with Crippen LogP contribution in [0.3, 0.4) is 0 Å². The lowest BCUT2D eigenvalue weighted by Gasteiger charge is -2.32. The fourth-order valence-corrected chi connectivity index (χ4v) is 2.84. The average molecular weight is 369 g/mol. The molecule has 144 valence electrons. The minimum Gasteiger partial charge on any atom is -0.378 e. The molecule has 0 aliphatic carbocycles. The van der Waals surface area contributed by atoms with Crippen molar-refractivity contribution >= 4 is 23.2 Å². The summed E-state index contributed by atoms with van der Waals surface area (Å²) in [6.07, 6.45) is 0.654. The number of ether oxygens (including phenoxy) is 1. The summed E-state index contributed by atoms with van der Waals surface area (Å²) in [6, 6.07) is 16.9. The second-order valence-electron chi connectivity index (χ2n) is 6.50. The number of nitrogens with one attached hydrogen (secondary N) is 2. The molecule has 0 spiro atoms. The zero-order valence-corrected chi connectivity index (χ0v) is 16.3. The van der Waals surface area contributed by atoms with Gasteiger partial charge >= 0.3 is 11.8 Å². The van der Waals surface area contributed by atoms with Crippen LogP contribution >= 0.6 is 0 Å². The van der Waals surface area contributed by atoms with Gasteiger partial charge in [0.1, 0.15) is 5.60 Å². The van der Waals surface area contributed by atoms with Crippen molar-refractivity contribution in [2.45, 2.75) is 18.9 Å². The van der Waals surface area contributed by atoms with Crippen LogP contribution in [0, 0.1) is 0 Å². The Morgan fingerprint density at radius 1 is 1.00 bits per heavy atom. The molecular formula is C21H27N3O3. The summed E-state index contributed by atoms with van der Waals surface area (Å²) in [7, 11) is 5.47. The highest BCUT2D eigenvalue weighted by molar-refractivity contribution is 6.39. The Bertz CT molecular complexity index is 754. The molecule has 0 aliphatic heterocycles. The molecule has 1 atom stereocenters. The zero-order valence-electron chi connectivity index (χ0n) is 16.3. The van der Waals surface area contributed by atoms with E-state index in [9.17, 15) is 9.59 Å². The van der Waals surface area contributed by atoms with Crippen LogP contribution in [-0.4, -0.2) is 39.6 Å². The predicted octanol–water partition coefficient (Wildman–Crippen LogP) is 2.76. The van der Waals surface area contributed by atoms with Gasteiger partial charge in [-0.1, -0.05) is 37.3 Å². The highest BCUT2D eigenvalue weighted by Gasteiger charge is 2.31. The molecule has 0 radical (unpaired) electrons. The Hall–Kier alpha value is -2.86. The van der Waals surface area contributed by atoms with Gasteiger partial charge < -0.3 is 20.3 Å². The third-order valence-electron chi connectivity index (χ3n) is 4.64. The van der Waals surface area contributed by atoms with Gasteiger partial charge in [-0.05, 0) is 36.2 Å². The smallest absolute Gasteiger partial charge is 0.313 e. The van der Waals surface area contributed by atoms with Crippen LogP contribution in [0.15, 0.2) is 54.6 Å². The number of methoxy groups -OCH3 is 1. The van der Waals surface area contributed by atoms with Crippen molar-refractivity contribution in [2.75, 3.05) is 38.0 Å². The maximum Gasteiger partial charge on any atom is 0.313 e. The van der Waals surface area contributed by atoms with Crippen molar-refractivity contribution in [2.24, 2.45) is 0 Å². The normalized spacial score (nSPS) is 12.7. The van der Waals surface area contributed by atoms with E-state index in [1.165, 1.54) is 0 Å². The molecule has 1 unspecified atom stereocenters. The minimum atomic E-state index is -0.707. The first kappa shape index (κ1) is 20.5. The zero-order chi connectivity index (χ0) is 19.9. The maximum absolute atomic E-state index is 12.2. The van der Waals surface area contributed by atoms with E-state index in [2.05, 4.69) is 10.6 Å². The average Bonchev–Trinajstić information content (AvgIpc) is 2.70. The molecule has 0 saturated carbocycles. The van der Waals surface area contributed by atoms with E-state index in [1.54, 1.807) is 19.2 Å². The van der Waals surface area contributed by atoms with Gasteiger partial charge in [0, 0.05) is 32.6 Å². The number of carbonyl (C=O) groups is 2. The van der Waals surface area contributed by atoms with Crippen LogP contribution in [0.25, 0.3) is 0 Å². The molecular weight excluding hydrogens is 342 g/mol. The molecule has 0 heterocycles. The summed E-state index contributed by atoms with van der Waals surface area (Å²) >= 11 is 0. The second-order valence-corrected chi connectivity index (χ2v) is 6.50. The molecule has 2 rings (SSSR count). The van der Waals surface area contributed by atoms with Gasteiger partial charge in [0.2, 0.25) is 0 Å². The van der Waals surface area contributed by atoms with Crippen LogP contribution in [0.5, 0.6) is 0 Å². The quantitative estimate of drug-likeness (QED) is 0.737. The van der Waals surface area contributed by atoms with Gasteiger partial charge in [0.05, 0.1) is 6.54 Å². The van der Waals surface area contributed by atoms with Gasteiger partial charge in [-0.15, -0.1) is 0 Å². The number of benzene rings is 2. The Kier molecular flexibility index (Phi) is 6.96. The van der Waals surface area contributed by atoms with Crippen molar-refractivity contribution in [3.63, 3.8) is 0 Å². The van der Waals surface area contributed by atoms with E-state index in [0.717, 1.165) is 11.3 Å². The first-order chi connectivity index (χ1) is 12.9. The maximum atomic E-state index is 12.2. The first-order valence-electron chi connectivity index (χ1n) is 8.89. The fraction of sp³-hybridized carbons (Fsp3) is 0.333. The van der Waals surface area contributed by atoms with E-state index in [-0.39, 0.29) is 6.54 Å². The molecule has 0 bridgehead atoms. The van der Waals surface area contributed by atoms with E-state index in [4.69, 9.17) is 4.74 Å². The third kappa shape index (κ3) is 5.08. The van der Waals surface area contributed by atoms with Crippen molar-refractivity contribution in [1.82, 2.24) is 5.32 Å². The molecule has 2 amide bonds. The number of amides is 2. The van der Waals surface area contributed by atoms with E-state index >= 15 is 0 Å².